The Bertz CT molecular complexity index is 1100. The van der Waals surface area contributed by atoms with Crippen molar-refractivity contribution in [3.05, 3.63) is 60.8 Å². The van der Waals surface area contributed by atoms with Gasteiger partial charge in [0.05, 0.1) is 39.9 Å². The predicted octanol–water partition coefficient (Wildman–Crippen LogP) is 12.0. The zero-order valence-corrected chi connectivity index (χ0v) is 37.7. The Labute approximate surface area is 345 Å². The van der Waals surface area contributed by atoms with E-state index < -0.39 is 26.6 Å². The van der Waals surface area contributed by atoms with Crippen molar-refractivity contribution in [2.45, 2.75) is 193 Å². The van der Waals surface area contributed by atoms with Crippen LogP contribution >= 0.6 is 7.82 Å². The number of unbranched alkanes of at least 4 members (excludes halogenated alkanes) is 19. The number of phosphoric ester groups is 1. The Hall–Kier alpha value is -1.80. The van der Waals surface area contributed by atoms with Crippen LogP contribution in [0.1, 0.15) is 181 Å². The van der Waals surface area contributed by atoms with Gasteiger partial charge in [-0.3, -0.25) is 9.36 Å². The number of hydrogen-bond acceptors (Lipinski definition) is 6. The minimum absolute atomic E-state index is 0.0142. The van der Waals surface area contributed by atoms with E-state index in [0.717, 1.165) is 77.0 Å². The molecule has 0 radical (unpaired) electrons. The van der Waals surface area contributed by atoms with Crippen molar-refractivity contribution in [1.82, 2.24) is 5.32 Å². The maximum Gasteiger partial charge on any atom is 0.268 e. The summed E-state index contributed by atoms with van der Waals surface area (Å²) in [7, 11) is 1.22. The van der Waals surface area contributed by atoms with Crippen LogP contribution in [0.2, 0.25) is 0 Å². The molecule has 0 rings (SSSR count). The molecule has 0 bridgehead atoms. The predicted molar refractivity (Wildman–Crippen MR) is 237 cm³/mol. The lowest BCUT2D eigenvalue weighted by Gasteiger charge is -2.29. The van der Waals surface area contributed by atoms with Gasteiger partial charge in [-0.15, -0.1) is 0 Å². The van der Waals surface area contributed by atoms with Crippen molar-refractivity contribution in [3.63, 3.8) is 0 Å². The number of carbonyl (C=O) groups excluding carboxylic acids is 1. The van der Waals surface area contributed by atoms with E-state index in [4.69, 9.17) is 9.05 Å². The van der Waals surface area contributed by atoms with Crippen molar-refractivity contribution in [3.8, 4) is 0 Å². The quantitative estimate of drug-likeness (QED) is 0.0276. The summed E-state index contributed by atoms with van der Waals surface area (Å²) in [5.74, 6) is -0.229. The summed E-state index contributed by atoms with van der Waals surface area (Å²) in [6.07, 6.45) is 49.9. The fourth-order valence-electron chi connectivity index (χ4n) is 6.04. The lowest BCUT2D eigenvalue weighted by molar-refractivity contribution is -0.870. The number of aliphatic hydroxyl groups is 1. The molecule has 56 heavy (non-hydrogen) atoms. The summed E-state index contributed by atoms with van der Waals surface area (Å²) < 4.78 is 23.2. The Kier molecular flexibility index (Phi) is 37.5. The van der Waals surface area contributed by atoms with E-state index in [1.165, 1.54) is 83.5 Å². The lowest BCUT2D eigenvalue weighted by Crippen LogP contribution is -2.45. The van der Waals surface area contributed by atoms with E-state index in [0.29, 0.717) is 17.4 Å². The summed E-state index contributed by atoms with van der Waals surface area (Å²) in [5.41, 5.74) is 0. The van der Waals surface area contributed by atoms with E-state index >= 15 is 0 Å². The van der Waals surface area contributed by atoms with Crippen LogP contribution in [0.3, 0.4) is 0 Å². The highest BCUT2D eigenvalue weighted by molar-refractivity contribution is 7.45. The van der Waals surface area contributed by atoms with Crippen molar-refractivity contribution < 1.29 is 32.9 Å². The van der Waals surface area contributed by atoms with Crippen LogP contribution < -0.4 is 10.2 Å². The van der Waals surface area contributed by atoms with Crippen molar-refractivity contribution in [1.29, 1.82) is 0 Å². The Morgan fingerprint density at radius 3 is 1.62 bits per heavy atom. The fraction of sp³-hybridized carbons (Fsp3) is 0.766. The third-order valence-corrected chi connectivity index (χ3v) is 10.6. The number of rotatable bonds is 40. The Balaban J connectivity index is 4.49. The van der Waals surface area contributed by atoms with Gasteiger partial charge in [0.1, 0.15) is 13.2 Å². The van der Waals surface area contributed by atoms with Gasteiger partial charge in [0.25, 0.3) is 7.82 Å². The van der Waals surface area contributed by atoms with Gasteiger partial charge in [-0.1, -0.05) is 164 Å². The molecular weight excluding hydrogens is 719 g/mol. The number of likely N-dealkylation sites (N-methyl/N-ethyl adjacent to an activating group) is 1. The monoisotopic (exact) mass is 807 g/mol. The molecule has 9 heteroatoms. The standard InChI is InChI=1S/C47H87N2O6P/c1-6-8-10-12-14-16-18-20-21-22-23-24-25-26-27-29-30-32-34-36-38-40-46(50)45(44-55-56(52,53)54-43-42-49(3,4)5)48-47(51)41-39-37-35-33-31-28-19-17-15-13-11-9-7-2/h11,13,17,19,25-26,30,32,38,40,45-46,50H,6-10,12,14-16,18,20-24,27-29,31,33-37,39,41-44H2,1-5H3,(H-,48,51,52,53)/b13-11-,19-17-,26-25+,32-30+,40-38+. The second-order valence-electron chi connectivity index (χ2n) is 16.4. The van der Waals surface area contributed by atoms with Crippen LogP contribution in [0, 0.1) is 0 Å². The summed E-state index contributed by atoms with van der Waals surface area (Å²) in [6, 6.07) is -0.918. The molecule has 0 aromatic rings. The highest BCUT2D eigenvalue weighted by atomic mass is 31.2. The number of nitrogens with zero attached hydrogens (tertiary/aromatic N) is 1. The van der Waals surface area contributed by atoms with Gasteiger partial charge in [-0.25, -0.2) is 0 Å². The molecule has 3 unspecified atom stereocenters. The lowest BCUT2D eigenvalue weighted by atomic mass is 10.1. The highest BCUT2D eigenvalue weighted by Gasteiger charge is 2.23. The normalized spacial score (nSPS) is 14.9. The van der Waals surface area contributed by atoms with E-state index in [-0.39, 0.29) is 12.5 Å². The van der Waals surface area contributed by atoms with E-state index in [2.05, 4.69) is 67.8 Å². The minimum atomic E-state index is -4.60. The zero-order chi connectivity index (χ0) is 41.4. The molecule has 0 saturated carbocycles. The summed E-state index contributed by atoms with van der Waals surface area (Å²) in [5, 5.41) is 13.7. The van der Waals surface area contributed by atoms with Gasteiger partial charge in [-0.05, 0) is 70.6 Å². The Morgan fingerprint density at radius 1 is 0.625 bits per heavy atom. The zero-order valence-electron chi connectivity index (χ0n) is 36.8. The molecule has 326 valence electrons. The minimum Gasteiger partial charge on any atom is -0.756 e. The molecule has 0 aliphatic carbocycles. The number of carbonyl (C=O) groups is 1. The van der Waals surface area contributed by atoms with Crippen LogP contribution in [0.5, 0.6) is 0 Å². The smallest absolute Gasteiger partial charge is 0.268 e. The maximum atomic E-state index is 12.8. The largest absolute Gasteiger partial charge is 0.756 e. The number of aliphatic hydroxyl groups excluding tert-OH is 1. The first-order chi connectivity index (χ1) is 27.0. The van der Waals surface area contributed by atoms with Gasteiger partial charge in [-0.2, -0.15) is 0 Å². The third kappa shape index (κ3) is 40.4. The summed E-state index contributed by atoms with van der Waals surface area (Å²) in [4.78, 5) is 25.3. The van der Waals surface area contributed by atoms with Gasteiger partial charge in [0.2, 0.25) is 5.91 Å². The molecule has 3 atom stereocenters. The molecule has 0 spiro atoms. The third-order valence-electron chi connectivity index (χ3n) is 9.66. The van der Waals surface area contributed by atoms with Crippen LogP contribution in [0.25, 0.3) is 0 Å². The number of phosphoric acid groups is 1. The van der Waals surface area contributed by atoms with Gasteiger partial charge < -0.3 is 28.8 Å². The van der Waals surface area contributed by atoms with Gasteiger partial charge >= 0.3 is 0 Å². The van der Waals surface area contributed by atoms with E-state index in [1.54, 1.807) is 6.08 Å². The molecule has 2 N–H and O–H groups in total. The van der Waals surface area contributed by atoms with Crippen LogP contribution in [-0.2, 0) is 18.4 Å². The summed E-state index contributed by atoms with van der Waals surface area (Å²) >= 11 is 0. The molecule has 8 nitrogen and oxygen atoms in total. The van der Waals surface area contributed by atoms with E-state index in [1.807, 2.05) is 27.2 Å². The van der Waals surface area contributed by atoms with Crippen LogP contribution in [0.4, 0.5) is 0 Å². The molecule has 0 aliphatic rings. The van der Waals surface area contributed by atoms with E-state index in [9.17, 15) is 19.4 Å². The first-order valence-corrected chi connectivity index (χ1v) is 24.1. The van der Waals surface area contributed by atoms with Gasteiger partial charge in [0, 0.05) is 6.42 Å². The SMILES string of the molecule is CCC/C=C\C/C=C\CCCCCCCC(=O)NC(COP(=O)([O-])OCC[N+](C)(C)C)C(O)/C=C/CC/C=C/CC/C=C/CCCCCCCCCCCCC. The molecular formula is C47H87N2O6P. The Morgan fingerprint density at radius 2 is 1.09 bits per heavy atom. The average Bonchev–Trinajstić information content (AvgIpc) is 3.15. The second kappa shape index (κ2) is 38.7. The second-order valence-corrected chi connectivity index (χ2v) is 17.8. The molecule has 0 aromatic carbocycles. The number of amides is 1. The number of hydrogen-bond donors (Lipinski definition) is 2. The molecule has 1 amide bonds. The first-order valence-electron chi connectivity index (χ1n) is 22.7. The molecule has 0 heterocycles. The van der Waals surface area contributed by atoms with Gasteiger partial charge in [0.15, 0.2) is 0 Å². The van der Waals surface area contributed by atoms with Crippen molar-refractivity contribution >= 4 is 13.7 Å². The first kappa shape index (κ1) is 54.2. The highest BCUT2D eigenvalue weighted by Crippen LogP contribution is 2.38. The number of nitrogens with one attached hydrogen (secondary N) is 1. The maximum absolute atomic E-state index is 12.8. The molecule has 0 fully saturated rings. The van der Waals surface area contributed by atoms with Crippen molar-refractivity contribution in [2.75, 3.05) is 40.9 Å². The molecule has 0 aliphatic heterocycles. The average molecular weight is 807 g/mol. The summed E-state index contributed by atoms with van der Waals surface area (Å²) in [6.45, 7) is 4.52. The fourth-order valence-corrected chi connectivity index (χ4v) is 6.77. The van der Waals surface area contributed by atoms with Crippen LogP contribution in [0.15, 0.2) is 60.8 Å². The number of quaternary nitrogens is 1. The topological polar surface area (TPSA) is 108 Å². The van der Waals surface area contributed by atoms with Crippen LogP contribution in [-0.4, -0.2) is 68.5 Å². The molecule has 0 aromatic heterocycles. The molecule has 0 saturated heterocycles. The van der Waals surface area contributed by atoms with Crippen molar-refractivity contribution in [2.24, 2.45) is 0 Å². The number of allylic oxidation sites excluding steroid dienone is 9.